The first-order valence-electron chi connectivity index (χ1n) is 6.72. The van der Waals surface area contributed by atoms with Gasteiger partial charge in [-0.15, -0.1) is 11.8 Å². The molecule has 0 aromatic heterocycles. The monoisotopic (exact) mass is 289 g/mol. The molecule has 0 atom stereocenters. The van der Waals surface area contributed by atoms with Gasteiger partial charge < -0.3 is 5.32 Å². The number of thioether (sulfide) groups is 1. The summed E-state index contributed by atoms with van der Waals surface area (Å²) in [5.74, 6) is 0.729. The van der Waals surface area contributed by atoms with E-state index in [1.807, 2.05) is 13.1 Å². The molecular formula is C17H20FNS. The van der Waals surface area contributed by atoms with Crippen molar-refractivity contribution in [3.8, 4) is 0 Å². The minimum atomic E-state index is -0.134. The summed E-state index contributed by atoms with van der Waals surface area (Å²) in [5.41, 5.74) is 4.59. The van der Waals surface area contributed by atoms with Gasteiger partial charge in [-0.3, -0.25) is 0 Å². The lowest BCUT2D eigenvalue weighted by Crippen LogP contribution is -2.08. The van der Waals surface area contributed by atoms with E-state index >= 15 is 0 Å². The van der Waals surface area contributed by atoms with Crippen LogP contribution in [0.5, 0.6) is 0 Å². The molecule has 0 bridgehead atoms. The Morgan fingerprint density at radius 1 is 1.10 bits per heavy atom. The van der Waals surface area contributed by atoms with Crippen LogP contribution in [0, 0.1) is 19.7 Å². The number of benzene rings is 2. The fourth-order valence-corrected chi connectivity index (χ4v) is 3.34. The van der Waals surface area contributed by atoms with E-state index in [0.29, 0.717) is 6.54 Å². The molecule has 0 fully saturated rings. The van der Waals surface area contributed by atoms with Crippen molar-refractivity contribution in [3.05, 3.63) is 64.5 Å². The highest BCUT2D eigenvalue weighted by atomic mass is 32.2. The Bertz CT molecular complexity index is 575. The van der Waals surface area contributed by atoms with Crippen molar-refractivity contribution < 1.29 is 4.39 Å². The zero-order valence-corrected chi connectivity index (χ0v) is 13.0. The van der Waals surface area contributed by atoms with Crippen molar-refractivity contribution in [2.75, 3.05) is 7.05 Å². The number of aryl methyl sites for hydroxylation is 2. The Hall–Kier alpha value is -1.32. The smallest absolute Gasteiger partial charge is 0.128 e. The summed E-state index contributed by atoms with van der Waals surface area (Å²) >= 11 is 1.69. The predicted octanol–water partition coefficient (Wildman–Crippen LogP) is 4.45. The number of rotatable bonds is 5. The summed E-state index contributed by atoms with van der Waals surface area (Å²) in [4.78, 5) is 1.01. The largest absolute Gasteiger partial charge is 0.316 e. The van der Waals surface area contributed by atoms with Gasteiger partial charge in [0.25, 0.3) is 0 Å². The van der Waals surface area contributed by atoms with Gasteiger partial charge in [-0.1, -0.05) is 35.4 Å². The summed E-state index contributed by atoms with van der Waals surface area (Å²) < 4.78 is 13.8. The number of halogens is 1. The Morgan fingerprint density at radius 3 is 2.45 bits per heavy atom. The molecule has 1 nitrogen and oxygen atoms in total. The molecule has 0 aliphatic carbocycles. The minimum absolute atomic E-state index is 0.134. The van der Waals surface area contributed by atoms with Crippen LogP contribution in [0.2, 0.25) is 0 Å². The Balaban J connectivity index is 2.16. The second-order valence-corrected chi connectivity index (χ2v) is 6.05. The van der Waals surface area contributed by atoms with Crippen LogP contribution in [0.25, 0.3) is 0 Å². The third-order valence-corrected chi connectivity index (χ3v) is 4.28. The normalized spacial score (nSPS) is 10.8. The van der Waals surface area contributed by atoms with E-state index in [9.17, 15) is 4.39 Å². The second kappa shape index (κ2) is 6.91. The molecule has 0 amide bonds. The Labute approximate surface area is 124 Å². The fourth-order valence-electron chi connectivity index (χ4n) is 2.34. The molecule has 2 rings (SSSR count). The van der Waals surface area contributed by atoms with Crippen LogP contribution in [-0.4, -0.2) is 7.05 Å². The van der Waals surface area contributed by atoms with Gasteiger partial charge in [0.1, 0.15) is 5.82 Å². The zero-order chi connectivity index (χ0) is 14.5. The molecule has 0 spiro atoms. The quantitative estimate of drug-likeness (QED) is 0.816. The van der Waals surface area contributed by atoms with E-state index in [4.69, 9.17) is 0 Å². The Morgan fingerprint density at radius 2 is 1.80 bits per heavy atom. The number of hydrogen-bond acceptors (Lipinski definition) is 2. The lowest BCUT2D eigenvalue weighted by Gasteiger charge is -2.10. The highest BCUT2D eigenvalue weighted by Crippen LogP contribution is 2.28. The highest BCUT2D eigenvalue weighted by Gasteiger charge is 2.08. The van der Waals surface area contributed by atoms with Crippen molar-refractivity contribution in [2.24, 2.45) is 0 Å². The van der Waals surface area contributed by atoms with Crippen molar-refractivity contribution in [1.82, 2.24) is 5.32 Å². The standard InChI is InChI=1S/C17H20FNS/c1-12-7-13(2)9-14(8-12)11-20-17-6-4-5-16(18)15(17)10-19-3/h4-9,19H,10-11H2,1-3H3. The van der Waals surface area contributed by atoms with Gasteiger partial charge in [-0.05, 0) is 38.6 Å². The molecule has 2 aromatic carbocycles. The molecular weight excluding hydrogens is 269 g/mol. The van der Waals surface area contributed by atoms with Crippen LogP contribution >= 0.6 is 11.8 Å². The van der Waals surface area contributed by atoms with Gasteiger partial charge in [0.2, 0.25) is 0 Å². The topological polar surface area (TPSA) is 12.0 Å². The third-order valence-electron chi connectivity index (χ3n) is 3.11. The lowest BCUT2D eigenvalue weighted by atomic mass is 10.1. The summed E-state index contributed by atoms with van der Waals surface area (Å²) in [6, 6.07) is 11.8. The molecule has 1 N–H and O–H groups in total. The molecule has 0 unspecified atom stereocenters. The first kappa shape index (κ1) is 15.1. The predicted molar refractivity (Wildman–Crippen MR) is 84.6 cm³/mol. The molecule has 0 radical (unpaired) electrons. The summed E-state index contributed by atoms with van der Waals surface area (Å²) in [6.07, 6.45) is 0. The minimum Gasteiger partial charge on any atom is -0.316 e. The molecule has 0 aliphatic rings. The van der Waals surface area contributed by atoms with E-state index < -0.39 is 0 Å². The summed E-state index contributed by atoms with van der Waals surface area (Å²) in [6.45, 7) is 4.77. The van der Waals surface area contributed by atoms with Crippen molar-refractivity contribution in [3.63, 3.8) is 0 Å². The molecule has 20 heavy (non-hydrogen) atoms. The van der Waals surface area contributed by atoms with Gasteiger partial charge in [0.05, 0.1) is 0 Å². The Kier molecular flexibility index (Phi) is 5.21. The van der Waals surface area contributed by atoms with Crippen molar-refractivity contribution >= 4 is 11.8 Å². The summed E-state index contributed by atoms with van der Waals surface area (Å²) in [7, 11) is 1.84. The highest BCUT2D eigenvalue weighted by molar-refractivity contribution is 7.98. The molecule has 0 saturated heterocycles. The van der Waals surface area contributed by atoms with Crippen LogP contribution in [0.3, 0.4) is 0 Å². The SMILES string of the molecule is CNCc1c(F)cccc1SCc1cc(C)cc(C)c1. The average Bonchev–Trinajstić information content (AvgIpc) is 2.38. The number of nitrogens with one attached hydrogen (secondary N) is 1. The van der Waals surface area contributed by atoms with Crippen LogP contribution in [0.1, 0.15) is 22.3 Å². The second-order valence-electron chi connectivity index (χ2n) is 5.03. The maximum Gasteiger partial charge on any atom is 0.128 e. The van der Waals surface area contributed by atoms with Gasteiger partial charge in [-0.2, -0.15) is 0 Å². The molecule has 0 heterocycles. The van der Waals surface area contributed by atoms with Gasteiger partial charge in [-0.25, -0.2) is 4.39 Å². The molecule has 106 valence electrons. The van der Waals surface area contributed by atoms with E-state index in [-0.39, 0.29) is 5.82 Å². The number of hydrogen-bond donors (Lipinski definition) is 1. The maximum absolute atomic E-state index is 13.8. The van der Waals surface area contributed by atoms with E-state index in [1.165, 1.54) is 22.8 Å². The zero-order valence-electron chi connectivity index (χ0n) is 12.2. The third kappa shape index (κ3) is 3.84. The van der Waals surface area contributed by atoms with Crippen LogP contribution in [-0.2, 0) is 12.3 Å². The fraction of sp³-hybridized carbons (Fsp3) is 0.294. The van der Waals surface area contributed by atoms with Gasteiger partial charge in [0.15, 0.2) is 0 Å². The van der Waals surface area contributed by atoms with Crippen LogP contribution in [0.4, 0.5) is 4.39 Å². The van der Waals surface area contributed by atoms with Crippen LogP contribution < -0.4 is 5.32 Å². The van der Waals surface area contributed by atoms with Gasteiger partial charge >= 0.3 is 0 Å². The van der Waals surface area contributed by atoms with E-state index in [2.05, 4.69) is 37.4 Å². The molecule has 0 aliphatic heterocycles. The maximum atomic E-state index is 13.8. The molecule has 2 aromatic rings. The van der Waals surface area contributed by atoms with E-state index in [1.54, 1.807) is 17.8 Å². The molecule has 3 heteroatoms. The van der Waals surface area contributed by atoms with Gasteiger partial charge in [0, 0.05) is 22.8 Å². The first-order chi connectivity index (χ1) is 9.60. The molecule has 0 saturated carbocycles. The lowest BCUT2D eigenvalue weighted by molar-refractivity contribution is 0.594. The average molecular weight is 289 g/mol. The van der Waals surface area contributed by atoms with Crippen molar-refractivity contribution in [1.29, 1.82) is 0 Å². The van der Waals surface area contributed by atoms with Crippen LogP contribution in [0.15, 0.2) is 41.3 Å². The van der Waals surface area contributed by atoms with E-state index in [0.717, 1.165) is 16.2 Å². The van der Waals surface area contributed by atoms with Crippen molar-refractivity contribution in [2.45, 2.75) is 31.0 Å². The first-order valence-corrected chi connectivity index (χ1v) is 7.70. The summed E-state index contributed by atoms with van der Waals surface area (Å²) in [5, 5.41) is 3.03.